The van der Waals surface area contributed by atoms with Gasteiger partial charge in [-0.25, -0.2) is 0 Å². The van der Waals surface area contributed by atoms with E-state index in [-0.39, 0.29) is 10.6 Å². The number of aromatic amines is 1. The van der Waals surface area contributed by atoms with Crippen molar-refractivity contribution in [1.82, 2.24) is 4.98 Å². The van der Waals surface area contributed by atoms with Crippen LogP contribution in [0.15, 0.2) is 18.2 Å². The lowest BCUT2D eigenvalue weighted by Crippen LogP contribution is -2.91. The van der Waals surface area contributed by atoms with E-state index in [1.54, 1.807) is 12.1 Å². The van der Waals surface area contributed by atoms with Crippen molar-refractivity contribution in [2.45, 2.75) is 64.0 Å². The summed E-state index contributed by atoms with van der Waals surface area (Å²) in [6.45, 7) is 2.36. The Labute approximate surface area is 142 Å². The Morgan fingerprint density at radius 1 is 1.21 bits per heavy atom. The van der Waals surface area contributed by atoms with Gasteiger partial charge in [0.05, 0.1) is 16.7 Å². The van der Waals surface area contributed by atoms with Gasteiger partial charge in [0.15, 0.2) is 0 Å². The molecule has 2 aliphatic carbocycles. The summed E-state index contributed by atoms with van der Waals surface area (Å²) in [4.78, 5) is 14.4. The van der Waals surface area contributed by atoms with Gasteiger partial charge in [-0.05, 0) is 56.1 Å². The fourth-order valence-electron chi connectivity index (χ4n) is 4.60. The molecule has 0 aliphatic heterocycles. The van der Waals surface area contributed by atoms with E-state index in [0.29, 0.717) is 6.04 Å². The third kappa shape index (κ3) is 2.81. The van der Waals surface area contributed by atoms with Crippen molar-refractivity contribution < 1.29 is 10.2 Å². The summed E-state index contributed by atoms with van der Waals surface area (Å²) >= 11 is 0. The van der Waals surface area contributed by atoms with Crippen molar-refractivity contribution in [1.29, 1.82) is 0 Å². The van der Waals surface area contributed by atoms with Gasteiger partial charge in [0, 0.05) is 29.5 Å². The molecule has 1 saturated carbocycles. The average Bonchev–Trinajstić information content (AvgIpc) is 2.96. The normalized spacial score (nSPS) is 27.1. The number of nitrogens with one attached hydrogen (secondary N) is 1. The highest BCUT2D eigenvalue weighted by Gasteiger charge is 2.31. The van der Waals surface area contributed by atoms with Crippen LogP contribution in [0.2, 0.25) is 0 Å². The van der Waals surface area contributed by atoms with E-state index in [4.69, 9.17) is 0 Å². The lowest BCUT2D eigenvalue weighted by Gasteiger charge is -2.29. The molecule has 0 amide bonds. The van der Waals surface area contributed by atoms with E-state index in [9.17, 15) is 10.1 Å². The predicted molar refractivity (Wildman–Crippen MR) is 94.0 cm³/mol. The smallest absolute Gasteiger partial charge is 0.270 e. The topological polar surface area (TPSA) is 75.5 Å². The molecule has 5 nitrogen and oxygen atoms in total. The minimum absolute atomic E-state index is 0.191. The van der Waals surface area contributed by atoms with Crippen molar-refractivity contribution in [2.24, 2.45) is 5.92 Å². The molecular formula is C19H26N3O2+. The molecule has 1 fully saturated rings. The van der Waals surface area contributed by atoms with E-state index in [1.165, 1.54) is 49.8 Å². The molecule has 1 atom stereocenters. The fourth-order valence-corrected chi connectivity index (χ4v) is 4.60. The molecule has 3 N–H and O–H groups in total. The van der Waals surface area contributed by atoms with Crippen LogP contribution >= 0.6 is 0 Å². The first-order valence-electron chi connectivity index (χ1n) is 9.25. The lowest BCUT2D eigenvalue weighted by atomic mass is 9.85. The van der Waals surface area contributed by atoms with Crippen molar-refractivity contribution >= 4 is 16.6 Å². The van der Waals surface area contributed by atoms with Gasteiger partial charge < -0.3 is 10.3 Å². The van der Waals surface area contributed by atoms with E-state index < -0.39 is 0 Å². The number of nitrogens with two attached hydrogens (primary N) is 1. The second kappa shape index (κ2) is 6.20. The van der Waals surface area contributed by atoms with Gasteiger partial charge in [-0.2, -0.15) is 0 Å². The van der Waals surface area contributed by atoms with Crippen LogP contribution in [0.3, 0.4) is 0 Å². The predicted octanol–water partition coefficient (Wildman–Crippen LogP) is 3.60. The molecule has 128 valence electrons. The molecule has 2 aromatic rings. The maximum absolute atomic E-state index is 11.1. The molecule has 0 bridgehead atoms. The van der Waals surface area contributed by atoms with Crippen LogP contribution in [0, 0.1) is 16.0 Å². The Balaban J connectivity index is 1.62. The maximum atomic E-state index is 11.1. The molecule has 0 saturated heterocycles. The summed E-state index contributed by atoms with van der Waals surface area (Å²) in [5.41, 5.74) is 3.86. The van der Waals surface area contributed by atoms with Gasteiger partial charge in [-0.1, -0.05) is 6.92 Å². The van der Waals surface area contributed by atoms with E-state index in [0.717, 1.165) is 29.3 Å². The number of H-pyrrole nitrogens is 1. The number of aryl methyl sites for hydroxylation is 1. The van der Waals surface area contributed by atoms with Crippen LogP contribution in [-0.2, 0) is 6.42 Å². The Hall–Kier alpha value is -1.88. The summed E-state index contributed by atoms with van der Waals surface area (Å²) in [5, 5.41) is 14.7. The Morgan fingerprint density at radius 2 is 2.00 bits per heavy atom. The standard InChI is InChI=1S/C19H25N3O2/c1-12-5-7-13(8-6-12)20-18-4-2-3-15-16-11-14(22(23)24)9-10-17(16)21-19(15)18/h9-13,18,20-21H,2-8H2,1H3/p+1/t12?,13?,18-/m0/s1. The monoisotopic (exact) mass is 328 g/mol. The zero-order valence-electron chi connectivity index (χ0n) is 14.3. The van der Waals surface area contributed by atoms with Gasteiger partial charge in [0.25, 0.3) is 5.69 Å². The second-order valence-electron chi connectivity index (χ2n) is 7.72. The molecule has 0 radical (unpaired) electrons. The number of aromatic nitrogens is 1. The molecule has 5 heteroatoms. The molecule has 4 rings (SSSR count). The van der Waals surface area contributed by atoms with Gasteiger partial charge in [0.1, 0.15) is 6.04 Å². The van der Waals surface area contributed by atoms with Crippen molar-refractivity contribution in [3.63, 3.8) is 0 Å². The van der Waals surface area contributed by atoms with Gasteiger partial charge in [-0.15, -0.1) is 0 Å². The molecule has 1 heterocycles. The molecule has 2 aliphatic rings. The van der Waals surface area contributed by atoms with Crippen LogP contribution in [0.1, 0.15) is 62.7 Å². The number of hydrogen-bond acceptors (Lipinski definition) is 2. The third-order valence-corrected chi connectivity index (χ3v) is 6.01. The highest BCUT2D eigenvalue weighted by Crippen LogP contribution is 2.35. The van der Waals surface area contributed by atoms with Gasteiger partial charge >= 0.3 is 0 Å². The molecule has 0 unspecified atom stereocenters. The molecule has 1 aromatic heterocycles. The first-order valence-corrected chi connectivity index (χ1v) is 9.25. The van der Waals surface area contributed by atoms with Gasteiger partial charge in [0.2, 0.25) is 0 Å². The van der Waals surface area contributed by atoms with Crippen LogP contribution in [0.5, 0.6) is 0 Å². The zero-order valence-corrected chi connectivity index (χ0v) is 14.3. The van der Waals surface area contributed by atoms with Crippen LogP contribution in [0.4, 0.5) is 5.69 Å². The molecule has 24 heavy (non-hydrogen) atoms. The number of non-ortho nitro benzene ring substituents is 1. The number of benzene rings is 1. The number of nitro benzene ring substituents is 1. The molecule has 0 spiro atoms. The van der Waals surface area contributed by atoms with E-state index >= 15 is 0 Å². The third-order valence-electron chi connectivity index (χ3n) is 6.01. The first-order chi connectivity index (χ1) is 11.6. The zero-order chi connectivity index (χ0) is 16.7. The SMILES string of the molecule is CC1CCC([NH2+][C@H]2CCCc3c2[nH]c2ccc([N+](=O)[O-])cc32)CC1. The van der Waals surface area contributed by atoms with E-state index in [1.807, 2.05) is 6.07 Å². The summed E-state index contributed by atoms with van der Waals surface area (Å²) < 4.78 is 0. The maximum Gasteiger partial charge on any atom is 0.270 e. The largest absolute Gasteiger partial charge is 0.353 e. The van der Waals surface area contributed by atoms with Crippen molar-refractivity contribution in [2.75, 3.05) is 0 Å². The highest BCUT2D eigenvalue weighted by molar-refractivity contribution is 5.87. The Bertz CT molecular complexity index is 759. The van der Waals surface area contributed by atoms with E-state index in [2.05, 4.69) is 17.2 Å². The second-order valence-corrected chi connectivity index (χ2v) is 7.72. The van der Waals surface area contributed by atoms with Crippen LogP contribution in [0.25, 0.3) is 10.9 Å². The first kappa shape index (κ1) is 15.6. The molecule has 1 aromatic carbocycles. The fraction of sp³-hybridized carbons (Fsp3) is 0.579. The quantitative estimate of drug-likeness (QED) is 0.667. The number of nitro groups is 1. The van der Waals surface area contributed by atoms with Crippen LogP contribution in [-0.4, -0.2) is 15.9 Å². The lowest BCUT2D eigenvalue weighted by molar-refractivity contribution is -0.732. The van der Waals surface area contributed by atoms with Crippen molar-refractivity contribution in [3.8, 4) is 0 Å². The minimum atomic E-state index is -0.297. The summed E-state index contributed by atoms with van der Waals surface area (Å²) in [6, 6.07) is 6.43. The Morgan fingerprint density at radius 3 is 2.75 bits per heavy atom. The minimum Gasteiger partial charge on any atom is -0.353 e. The number of nitrogens with zero attached hydrogens (tertiary/aromatic N) is 1. The van der Waals surface area contributed by atoms with Crippen LogP contribution < -0.4 is 5.32 Å². The highest BCUT2D eigenvalue weighted by atomic mass is 16.6. The molecular weight excluding hydrogens is 302 g/mol. The summed E-state index contributed by atoms with van der Waals surface area (Å²) in [5.74, 6) is 0.880. The number of hydrogen-bond donors (Lipinski definition) is 2. The number of rotatable bonds is 3. The number of fused-ring (bicyclic) bond motifs is 3. The number of quaternary nitrogens is 1. The van der Waals surface area contributed by atoms with Gasteiger partial charge in [-0.3, -0.25) is 10.1 Å². The summed E-state index contributed by atoms with van der Waals surface area (Å²) in [6.07, 6.45) is 8.74. The Kier molecular flexibility index (Phi) is 4.04. The van der Waals surface area contributed by atoms with Crippen molar-refractivity contribution in [3.05, 3.63) is 39.6 Å². The average molecular weight is 328 g/mol. The summed E-state index contributed by atoms with van der Waals surface area (Å²) in [7, 11) is 0.